The van der Waals surface area contributed by atoms with Gasteiger partial charge >= 0.3 is 0 Å². The molecule has 1 N–H and O–H groups in total. The van der Waals surface area contributed by atoms with Gasteiger partial charge in [0.2, 0.25) is 0 Å². The first kappa shape index (κ1) is 14.5. The van der Waals surface area contributed by atoms with Crippen LogP contribution in [-0.2, 0) is 10.2 Å². The maximum atomic E-state index is 10.3. The van der Waals surface area contributed by atoms with E-state index in [2.05, 4.69) is 37.8 Å². The second kappa shape index (κ2) is 6.04. The minimum absolute atomic E-state index is 0.160. The van der Waals surface area contributed by atoms with Gasteiger partial charge in [0, 0.05) is 19.6 Å². The first-order chi connectivity index (χ1) is 8.97. The molecule has 0 bridgehead atoms. The molecule has 3 nitrogen and oxygen atoms in total. The predicted molar refractivity (Wildman–Crippen MR) is 77.4 cm³/mol. The summed E-state index contributed by atoms with van der Waals surface area (Å²) in [6.07, 6.45) is -0.410. The first-order valence-electron chi connectivity index (χ1n) is 7.05. The van der Waals surface area contributed by atoms with E-state index in [0.717, 1.165) is 31.9 Å². The molecule has 0 aliphatic carbocycles. The smallest absolute Gasteiger partial charge is 0.0916 e. The Morgan fingerprint density at radius 3 is 2.26 bits per heavy atom. The standard InChI is InChI=1S/C16H25NO2/c1-16(2,3)14-6-4-13(5-7-14)15(18)12-17-8-10-19-11-9-17/h4-7,15,18H,8-12H2,1-3H3. The SMILES string of the molecule is CC(C)(C)c1ccc(C(O)CN2CCOCC2)cc1. The van der Waals surface area contributed by atoms with Crippen molar-refractivity contribution < 1.29 is 9.84 Å². The van der Waals surface area contributed by atoms with Crippen LogP contribution in [0.2, 0.25) is 0 Å². The lowest BCUT2D eigenvalue weighted by molar-refractivity contribution is 0.0143. The van der Waals surface area contributed by atoms with E-state index < -0.39 is 6.10 Å². The van der Waals surface area contributed by atoms with Crippen molar-refractivity contribution in [3.63, 3.8) is 0 Å². The zero-order valence-electron chi connectivity index (χ0n) is 12.2. The summed E-state index contributed by atoms with van der Waals surface area (Å²) in [4.78, 5) is 2.26. The highest BCUT2D eigenvalue weighted by atomic mass is 16.5. The summed E-state index contributed by atoms with van der Waals surface area (Å²) >= 11 is 0. The Morgan fingerprint density at radius 1 is 1.16 bits per heavy atom. The van der Waals surface area contributed by atoms with Crippen LogP contribution in [0.15, 0.2) is 24.3 Å². The Kier molecular flexibility index (Phi) is 4.61. The zero-order valence-corrected chi connectivity index (χ0v) is 12.2. The van der Waals surface area contributed by atoms with Crippen LogP contribution >= 0.6 is 0 Å². The van der Waals surface area contributed by atoms with E-state index in [1.807, 2.05) is 12.1 Å². The molecule has 1 fully saturated rings. The van der Waals surface area contributed by atoms with Gasteiger partial charge in [0.25, 0.3) is 0 Å². The highest BCUT2D eigenvalue weighted by Crippen LogP contribution is 2.24. The van der Waals surface area contributed by atoms with E-state index in [9.17, 15) is 5.11 Å². The van der Waals surface area contributed by atoms with Gasteiger partial charge in [0.15, 0.2) is 0 Å². The van der Waals surface area contributed by atoms with Gasteiger partial charge in [-0.05, 0) is 16.5 Å². The number of nitrogens with zero attached hydrogens (tertiary/aromatic N) is 1. The molecule has 0 amide bonds. The Hall–Kier alpha value is -0.900. The molecule has 1 heterocycles. The number of benzene rings is 1. The van der Waals surface area contributed by atoms with Crippen LogP contribution in [0.25, 0.3) is 0 Å². The van der Waals surface area contributed by atoms with Crippen LogP contribution in [0.5, 0.6) is 0 Å². The average Bonchev–Trinajstić information content (AvgIpc) is 2.39. The molecule has 106 valence electrons. The first-order valence-corrected chi connectivity index (χ1v) is 7.05. The summed E-state index contributed by atoms with van der Waals surface area (Å²) < 4.78 is 5.32. The van der Waals surface area contributed by atoms with Gasteiger partial charge in [0.1, 0.15) is 0 Å². The van der Waals surface area contributed by atoms with Crippen molar-refractivity contribution in [1.29, 1.82) is 0 Å². The minimum atomic E-state index is -0.410. The van der Waals surface area contributed by atoms with Crippen LogP contribution in [0.1, 0.15) is 38.0 Å². The van der Waals surface area contributed by atoms with Crippen LogP contribution < -0.4 is 0 Å². The van der Waals surface area contributed by atoms with Crippen LogP contribution in [0.4, 0.5) is 0 Å². The molecule has 0 spiro atoms. The lowest BCUT2D eigenvalue weighted by atomic mass is 9.86. The van der Waals surface area contributed by atoms with Crippen LogP contribution in [0.3, 0.4) is 0 Å². The molecule has 0 aromatic heterocycles. The molecule has 1 aliphatic rings. The van der Waals surface area contributed by atoms with Crippen molar-refractivity contribution in [2.45, 2.75) is 32.3 Å². The number of hydrogen-bond donors (Lipinski definition) is 1. The number of ether oxygens (including phenoxy) is 1. The fraction of sp³-hybridized carbons (Fsp3) is 0.625. The maximum Gasteiger partial charge on any atom is 0.0916 e. The second-order valence-electron chi connectivity index (χ2n) is 6.30. The number of hydrogen-bond acceptors (Lipinski definition) is 3. The molecule has 1 saturated heterocycles. The quantitative estimate of drug-likeness (QED) is 0.908. The number of rotatable bonds is 3. The van der Waals surface area contributed by atoms with E-state index >= 15 is 0 Å². The van der Waals surface area contributed by atoms with Crippen molar-refractivity contribution in [3.05, 3.63) is 35.4 Å². The van der Waals surface area contributed by atoms with E-state index in [1.54, 1.807) is 0 Å². The average molecular weight is 263 g/mol. The number of aliphatic hydroxyl groups excluding tert-OH is 1. The third kappa shape index (κ3) is 4.03. The molecule has 1 aromatic carbocycles. The third-order valence-corrected chi connectivity index (χ3v) is 3.70. The lowest BCUT2D eigenvalue weighted by Gasteiger charge is -2.28. The van der Waals surface area contributed by atoms with E-state index in [0.29, 0.717) is 6.54 Å². The van der Waals surface area contributed by atoms with Crippen molar-refractivity contribution in [2.75, 3.05) is 32.8 Å². The Balaban J connectivity index is 1.97. The van der Waals surface area contributed by atoms with Crippen LogP contribution in [0, 0.1) is 0 Å². The summed E-state index contributed by atoms with van der Waals surface area (Å²) in [6, 6.07) is 8.34. The van der Waals surface area contributed by atoms with Gasteiger partial charge in [0.05, 0.1) is 19.3 Å². The Labute approximate surface area is 116 Å². The van der Waals surface area contributed by atoms with E-state index in [4.69, 9.17) is 4.74 Å². The fourth-order valence-corrected chi connectivity index (χ4v) is 2.34. The maximum absolute atomic E-state index is 10.3. The molecule has 0 saturated carbocycles. The molecule has 1 aromatic rings. The van der Waals surface area contributed by atoms with Gasteiger partial charge in [-0.1, -0.05) is 45.0 Å². The van der Waals surface area contributed by atoms with Gasteiger partial charge in [-0.2, -0.15) is 0 Å². The molecular formula is C16H25NO2. The topological polar surface area (TPSA) is 32.7 Å². The molecule has 1 unspecified atom stereocenters. The van der Waals surface area contributed by atoms with E-state index in [-0.39, 0.29) is 5.41 Å². The Bertz CT molecular complexity index is 388. The zero-order chi connectivity index (χ0) is 13.9. The normalized spacial score (nSPS) is 19.4. The van der Waals surface area contributed by atoms with Gasteiger partial charge in [-0.25, -0.2) is 0 Å². The number of aliphatic hydroxyl groups is 1. The molecule has 1 atom stereocenters. The number of morpholine rings is 1. The second-order valence-corrected chi connectivity index (χ2v) is 6.30. The number of β-amino-alcohol motifs (C(OH)–C–C–N with tert-alkyl or cyclic N) is 1. The van der Waals surface area contributed by atoms with Crippen molar-refractivity contribution >= 4 is 0 Å². The lowest BCUT2D eigenvalue weighted by Crippen LogP contribution is -2.38. The van der Waals surface area contributed by atoms with Crippen LogP contribution in [-0.4, -0.2) is 42.9 Å². The highest BCUT2D eigenvalue weighted by Gasteiger charge is 2.17. The minimum Gasteiger partial charge on any atom is -0.387 e. The summed E-state index contributed by atoms with van der Waals surface area (Å²) in [7, 11) is 0. The van der Waals surface area contributed by atoms with Crippen molar-refractivity contribution in [2.24, 2.45) is 0 Å². The molecular weight excluding hydrogens is 238 g/mol. The van der Waals surface area contributed by atoms with Gasteiger partial charge in [-0.3, -0.25) is 4.90 Å². The third-order valence-electron chi connectivity index (χ3n) is 3.70. The summed E-state index contributed by atoms with van der Waals surface area (Å²) in [6.45, 7) is 10.7. The monoisotopic (exact) mass is 263 g/mol. The molecule has 1 aliphatic heterocycles. The molecule has 2 rings (SSSR count). The van der Waals surface area contributed by atoms with E-state index in [1.165, 1.54) is 5.56 Å². The fourth-order valence-electron chi connectivity index (χ4n) is 2.34. The van der Waals surface area contributed by atoms with Crippen molar-refractivity contribution in [1.82, 2.24) is 4.90 Å². The molecule has 3 heteroatoms. The molecule has 0 radical (unpaired) electrons. The van der Waals surface area contributed by atoms with Gasteiger partial charge < -0.3 is 9.84 Å². The summed E-state index contributed by atoms with van der Waals surface area (Å²) in [5, 5.41) is 10.3. The molecule has 19 heavy (non-hydrogen) atoms. The summed E-state index contributed by atoms with van der Waals surface area (Å²) in [5.74, 6) is 0. The van der Waals surface area contributed by atoms with Crippen molar-refractivity contribution in [3.8, 4) is 0 Å². The highest BCUT2D eigenvalue weighted by molar-refractivity contribution is 5.28. The Morgan fingerprint density at radius 2 is 1.74 bits per heavy atom. The predicted octanol–water partition coefficient (Wildman–Crippen LogP) is 2.35. The summed E-state index contributed by atoms with van der Waals surface area (Å²) in [5.41, 5.74) is 2.46. The largest absolute Gasteiger partial charge is 0.387 e. The van der Waals surface area contributed by atoms with Gasteiger partial charge in [-0.15, -0.1) is 0 Å².